The topological polar surface area (TPSA) is 117 Å². The fourth-order valence-electron chi connectivity index (χ4n) is 3.94. The summed E-state index contributed by atoms with van der Waals surface area (Å²) in [6, 6.07) is -0.0954. The predicted molar refractivity (Wildman–Crippen MR) is 113 cm³/mol. The number of carbonyl (C=O) groups is 2. The number of aromatic nitrogens is 3. The Morgan fingerprint density at radius 1 is 1.38 bits per heavy atom. The molecule has 1 fully saturated rings. The van der Waals surface area contributed by atoms with Crippen LogP contribution in [0, 0.1) is 5.92 Å². The summed E-state index contributed by atoms with van der Waals surface area (Å²) in [5.41, 5.74) is 7.42. The highest BCUT2D eigenvalue weighted by atomic mass is 35.5. The van der Waals surface area contributed by atoms with E-state index < -0.39 is 30.0 Å². The van der Waals surface area contributed by atoms with E-state index in [9.17, 15) is 22.8 Å². The lowest BCUT2D eigenvalue weighted by atomic mass is 9.90. The van der Waals surface area contributed by atoms with Crippen LogP contribution in [0.25, 0.3) is 0 Å². The largest absolute Gasteiger partial charge is 0.393 e. The van der Waals surface area contributed by atoms with E-state index in [0.717, 1.165) is 29.6 Å². The van der Waals surface area contributed by atoms with Crippen molar-refractivity contribution in [1.29, 1.82) is 0 Å². The van der Waals surface area contributed by atoms with Crippen molar-refractivity contribution in [2.45, 2.75) is 30.8 Å². The van der Waals surface area contributed by atoms with Gasteiger partial charge in [-0.3, -0.25) is 14.7 Å². The van der Waals surface area contributed by atoms with Crippen LogP contribution >= 0.6 is 23.4 Å². The standard InChI is InChI=1S/C19H20ClF3N6O2S/c20-12-5-9(6-25-16(12)24)17(30)26-14-7-29(3-1-11(14)19(21,22)23)18(31)15-10-8-32-4-2-13(10)27-28-15/h5-6,11,14H,1-4,7-8H2,(H2,24,25)(H,26,30)(H,27,28). The minimum absolute atomic E-state index is 0.00585. The van der Waals surface area contributed by atoms with E-state index in [1.807, 2.05) is 0 Å². The number of nitrogens with two attached hydrogens (primary N) is 1. The summed E-state index contributed by atoms with van der Waals surface area (Å²) in [7, 11) is 0. The van der Waals surface area contributed by atoms with Gasteiger partial charge in [-0.15, -0.1) is 0 Å². The van der Waals surface area contributed by atoms with Gasteiger partial charge in [-0.1, -0.05) is 11.6 Å². The number of carbonyl (C=O) groups excluding carboxylic acids is 2. The summed E-state index contributed by atoms with van der Waals surface area (Å²) in [4.78, 5) is 30.8. The van der Waals surface area contributed by atoms with Gasteiger partial charge in [0.1, 0.15) is 5.82 Å². The molecule has 2 amide bonds. The number of alkyl halides is 3. The van der Waals surface area contributed by atoms with Crippen LogP contribution in [0.2, 0.25) is 5.02 Å². The number of H-pyrrole nitrogens is 1. The number of halogens is 4. The van der Waals surface area contributed by atoms with Gasteiger partial charge < -0.3 is 16.0 Å². The second-order valence-corrected chi connectivity index (χ2v) is 9.20. The van der Waals surface area contributed by atoms with Gasteiger partial charge in [0, 0.05) is 36.3 Å². The third kappa shape index (κ3) is 4.51. The highest BCUT2D eigenvalue weighted by Crippen LogP contribution is 2.35. The zero-order valence-electron chi connectivity index (χ0n) is 16.7. The quantitative estimate of drug-likeness (QED) is 0.611. The average Bonchev–Trinajstić information content (AvgIpc) is 3.18. The lowest BCUT2D eigenvalue weighted by Crippen LogP contribution is -2.57. The molecule has 0 bridgehead atoms. The highest BCUT2D eigenvalue weighted by Gasteiger charge is 2.48. The third-order valence-electron chi connectivity index (χ3n) is 5.67. The Morgan fingerprint density at radius 3 is 2.88 bits per heavy atom. The number of likely N-dealkylation sites (tertiary alicyclic amines) is 1. The first kappa shape index (κ1) is 22.7. The van der Waals surface area contributed by atoms with E-state index in [-0.39, 0.29) is 41.6 Å². The van der Waals surface area contributed by atoms with Crippen molar-refractivity contribution in [3.05, 3.63) is 39.8 Å². The Balaban J connectivity index is 1.54. The molecule has 1 saturated heterocycles. The Kier molecular flexibility index (Phi) is 6.26. The molecule has 0 radical (unpaired) electrons. The van der Waals surface area contributed by atoms with Crippen molar-refractivity contribution in [1.82, 2.24) is 25.4 Å². The minimum atomic E-state index is -4.54. The van der Waals surface area contributed by atoms with Crippen molar-refractivity contribution in [2.24, 2.45) is 5.92 Å². The molecular weight excluding hydrogens is 469 g/mol. The number of fused-ring (bicyclic) bond motifs is 1. The monoisotopic (exact) mass is 488 g/mol. The highest BCUT2D eigenvalue weighted by molar-refractivity contribution is 7.98. The fraction of sp³-hybridized carbons (Fsp3) is 0.474. The number of aryl methyl sites for hydroxylation is 1. The second kappa shape index (κ2) is 8.81. The van der Waals surface area contributed by atoms with Crippen LogP contribution in [-0.4, -0.2) is 63.0 Å². The van der Waals surface area contributed by atoms with Crippen LogP contribution in [-0.2, 0) is 12.2 Å². The van der Waals surface area contributed by atoms with E-state index in [0.29, 0.717) is 5.75 Å². The summed E-state index contributed by atoms with van der Waals surface area (Å²) >= 11 is 7.54. The first-order valence-electron chi connectivity index (χ1n) is 9.87. The number of aromatic amines is 1. The van der Waals surface area contributed by atoms with Gasteiger partial charge in [0.05, 0.1) is 22.5 Å². The molecule has 172 valence electrons. The molecule has 8 nitrogen and oxygen atoms in total. The molecule has 4 heterocycles. The number of rotatable bonds is 3. The van der Waals surface area contributed by atoms with E-state index in [4.69, 9.17) is 17.3 Å². The molecule has 13 heteroatoms. The van der Waals surface area contributed by atoms with Gasteiger partial charge in [0.2, 0.25) is 0 Å². The lowest BCUT2D eigenvalue weighted by Gasteiger charge is -2.39. The van der Waals surface area contributed by atoms with Crippen LogP contribution < -0.4 is 11.1 Å². The van der Waals surface area contributed by atoms with Gasteiger partial charge in [-0.2, -0.15) is 30.0 Å². The molecule has 2 aliphatic heterocycles. The lowest BCUT2D eigenvalue weighted by molar-refractivity contribution is -0.190. The van der Waals surface area contributed by atoms with E-state index in [2.05, 4.69) is 20.5 Å². The van der Waals surface area contributed by atoms with Crippen LogP contribution in [0.5, 0.6) is 0 Å². The van der Waals surface area contributed by atoms with Crippen molar-refractivity contribution in [3.63, 3.8) is 0 Å². The van der Waals surface area contributed by atoms with Gasteiger partial charge in [0.15, 0.2) is 5.69 Å². The number of thioether (sulfide) groups is 1. The number of nitrogens with zero attached hydrogens (tertiary/aromatic N) is 3. The summed E-state index contributed by atoms with van der Waals surface area (Å²) in [6.07, 6.45) is -2.97. The Labute approximate surface area is 190 Å². The van der Waals surface area contributed by atoms with Crippen molar-refractivity contribution in [3.8, 4) is 0 Å². The Morgan fingerprint density at radius 2 is 2.16 bits per heavy atom. The zero-order valence-corrected chi connectivity index (χ0v) is 18.3. The first-order chi connectivity index (χ1) is 15.1. The van der Waals surface area contributed by atoms with Gasteiger partial charge in [-0.05, 0) is 24.7 Å². The molecule has 2 atom stereocenters. The number of hydrogen-bond donors (Lipinski definition) is 3. The summed E-state index contributed by atoms with van der Waals surface area (Å²) in [5, 5.41) is 9.41. The maximum Gasteiger partial charge on any atom is 0.393 e. The van der Waals surface area contributed by atoms with E-state index >= 15 is 0 Å². The molecule has 0 aliphatic carbocycles. The normalized spacial score (nSPS) is 21.2. The van der Waals surface area contributed by atoms with Crippen LogP contribution in [0.1, 0.15) is 38.5 Å². The molecule has 2 aromatic heterocycles. The number of piperidine rings is 1. The third-order valence-corrected chi connectivity index (χ3v) is 6.96. The molecule has 4 rings (SSSR count). The van der Waals surface area contributed by atoms with Gasteiger partial charge >= 0.3 is 6.18 Å². The number of hydrogen-bond acceptors (Lipinski definition) is 6. The number of amides is 2. The summed E-state index contributed by atoms with van der Waals surface area (Å²) in [6.45, 7) is -0.376. The Bertz CT molecular complexity index is 1050. The average molecular weight is 489 g/mol. The number of nitrogen functional groups attached to an aromatic ring is 1. The molecule has 0 saturated carbocycles. The predicted octanol–water partition coefficient (Wildman–Crippen LogP) is 2.65. The maximum atomic E-state index is 13.7. The van der Waals surface area contributed by atoms with Crippen LogP contribution in [0.15, 0.2) is 12.3 Å². The summed E-state index contributed by atoms with van der Waals surface area (Å²) in [5.74, 6) is -1.47. The van der Waals surface area contributed by atoms with Crippen molar-refractivity contribution >= 4 is 41.0 Å². The molecule has 2 unspecified atom stereocenters. The zero-order chi connectivity index (χ0) is 23.0. The molecule has 2 aliphatic rings. The molecule has 32 heavy (non-hydrogen) atoms. The van der Waals surface area contributed by atoms with Gasteiger partial charge in [-0.25, -0.2) is 4.98 Å². The molecule has 2 aromatic rings. The SMILES string of the molecule is Nc1ncc(C(=O)NC2CN(C(=O)c3n[nH]c4c3CSCC4)CCC2C(F)(F)F)cc1Cl. The first-order valence-corrected chi connectivity index (χ1v) is 11.4. The molecular formula is C19H20ClF3N6O2S. The molecule has 0 aromatic carbocycles. The van der Waals surface area contributed by atoms with Crippen molar-refractivity contribution in [2.75, 3.05) is 24.6 Å². The number of anilines is 1. The van der Waals surface area contributed by atoms with E-state index in [1.165, 1.54) is 11.0 Å². The van der Waals surface area contributed by atoms with Crippen LogP contribution in [0.3, 0.4) is 0 Å². The van der Waals surface area contributed by atoms with Crippen LogP contribution in [0.4, 0.5) is 19.0 Å². The van der Waals surface area contributed by atoms with E-state index in [1.54, 1.807) is 11.8 Å². The maximum absolute atomic E-state index is 13.7. The van der Waals surface area contributed by atoms with Crippen molar-refractivity contribution < 1.29 is 22.8 Å². The Hall–Kier alpha value is -2.47. The second-order valence-electron chi connectivity index (χ2n) is 7.69. The van der Waals surface area contributed by atoms with Gasteiger partial charge in [0.25, 0.3) is 11.8 Å². The number of nitrogens with one attached hydrogen (secondary N) is 2. The minimum Gasteiger partial charge on any atom is -0.382 e. The fourth-order valence-corrected chi connectivity index (χ4v) is 5.11. The molecule has 0 spiro atoms. The number of pyridine rings is 1. The molecule has 4 N–H and O–H groups in total. The summed E-state index contributed by atoms with van der Waals surface area (Å²) < 4.78 is 41.0. The smallest absolute Gasteiger partial charge is 0.382 e.